The third kappa shape index (κ3) is 3.08. The molecule has 0 aliphatic heterocycles. The maximum Gasteiger partial charge on any atom is 0.138 e. The zero-order valence-electron chi connectivity index (χ0n) is 9.03. The van der Waals surface area contributed by atoms with E-state index in [1.54, 1.807) is 11.0 Å². The zero-order chi connectivity index (χ0) is 10.4. The van der Waals surface area contributed by atoms with Gasteiger partial charge in [0, 0.05) is 26.1 Å². The molecule has 0 bridgehead atoms. The first kappa shape index (κ1) is 11.1. The highest BCUT2D eigenvalue weighted by Crippen LogP contribution is 1.98. The van der Waals surface area contributed by atoms with Crippen LogP contribution in [0.5, 0.6) is 0 Å². The van der Waals surface area contributed by atoms with Crippen molar-refractivity contribution < 1.29 is 4.74 Å². The summed E-state index contributed by atoms with van der Waals surface area (Å²) in [4.78, 5) is 4.17. The van der Waals surface area contributed by atoms with Crippen molar-refractivity contribution in [3.63, 3.8) is 0 Å². The number of rotatable bonds is 6. The minimum atomic E-state index is 0.304. The fourth-order valence-electron chi connectivity index (χ4n) is 1.23. The largest absolute Gasteiger partial charge is 0.380 e. The topological polar surface area (TPSA) is 52.0 Å². The van der Waals surface area contributed by atoms with Crippen LogP contribution >= 0.6 is 0 Å². The van der Waals surface area contributed by atoms with Gasteiger partial charge < -0.3 is 10.1 Å². The summed E-state index contributed by atoms with van der Waals surface area (Å²) in [5, 5.41) is 7.22. The number of nitrogens with one attached hydrogen (secondary N) is 1. The molecule has 0 amide bonds. The fraction of sp³-hybridized carbons (Fsp3) is 0.778. The highest BCUT2D eigenvalue weighted by molar-refractivity contribution is 4.88. The molecule has 0 spiro atoms. The van der Waals surface area contributed by atoms with Gasteiger partial charge in [0.05, 0.1) is 6.61 Å². The lowest BCUT2D eigenvalue weighted by Crippen LogP contribution is -2.33. The highest BCUT2D eigenvalue weighted by Gasteiger charge is 2.10. The number of aromatic nitrogens is 3. The Bertz CT molecular complexity index is 261. The molecule has 14 heavy (non-hydrogen) atoms. The van der Waals surface area contributed by atoms with Gasteiger partial charge >= 0.3 is 0 Å². The van der Waals surface area contributed by atoms with Crippen molar-refractivity contribution in [1.82, 2.24) is 20.1 Å². The van der Waals surface area contributed by atoms with Crippen LogP contribution in [-0.4, -0.2) is 41.1 Å². The van der Waals surface area contributed by atoms with E-state index < -0.39 is 0 Å². The van der Waals surface area contributed by atoms with Crippen molar-refractivity contribution in [1.29, 1.82) is 0 Å². The monoisotopic (exact) mass is 198 g/mol. The molecule has 1 unspecified atom stereocenters. The Hall–Kier alpha value is -0.940. The van der Waals surface area contributed by atoms with Crippen LogP contribution < -0.4 is 5.32 Å². The Balaban J connectivity index is 2.44. The van der Waals surface area contributed by atoms with E-state index in [0.29, 0.717) is 12.6 Å². The van der Waals surface area contributed by atoms with Gasteiger partial charge in [-0.15, -0.1) is 0 Å². The molecule has 0 radical (unpaired) electrons. The molecule has 80 valence electrons. The van der Waals surface area contributed by atoms with Crippen molar-refractivity contribution in [3.05, 3.63) is 12.2 Å². The predicted octanol–water partition coefficient (Wildman–Crippen LogP) is -0.0179. The van der Waals surface area contributed by atoms with Gasteiger partial charge in [0.2, 0.25) is 0 Å². The lowest BCUT2D eigenvalue weighted by molar-refractivity contribution is 0.124. The number of nitrogens with zero attached hydrogens (tertiary/aromatic N) is 3. The summed E-state index contributed by atoms with van der Waals surface area (Å²) in [6.07, 6.45) is 2.41. The number of hydrogen-bond donors (Lipinski definition) is 1. The summed E-state index contributed by atoms with van der Waals surface area (Å²) < 4.78 is 7.14. The van der Waals surface area contributed by atoms with Crippen LogP contribution in [0.2, 0.25) is 0 Å². The minimum Gasteiger partial charge on any atom is -0.380 e. The predicted molar refractivity (Wildman–Crippen MR) is 54.0 cm³/mol. The van der Waals surface area contributed by atoms with E-state index in [-0.39, 0.29) is 0 Å². The number of likely N-dealkylation sites (N-methyl/N-ethyl adjacent to an activating group) is 1. The van der Waals surface area contributed by atoms with Crippen LogP contribution in [0.3, 0.4) is 0 Å². The third-order valence-electron chi connectivity index (χ3n) is 2.17. The van der Waals surface area contributed by atoms with Crippen LogP contribution in [-0.2, 0) is 18.2 Å². The Morgan fingerprint density at radius 3 is 2.93 bits per heavy atom. The van der Waals surface area contributed by atoms with Gasteiger partial charge in [0.1, 0.15) is 12.2 Å². The van der Waals surface area contributed by atoms with Gasteiger partial charge in [-0.2, -0.15) is 5.10 Å². The molecule has 1 heterocycles. The summed E-state index contributed by atoms with van der Waals surface area (Å²) in [6, 6.07) is 0.304. The first-order valence-electron chi connectivity index (χ1n) is 4.85. The molecule has 0 aliphatic carbocycles. The molecule has 1 rings (SSSR count). The summed E-state index contributed by atoms with van der Waals surface area (Å²) in [5.41, 5.74) is 0. The molecule has 0 saturated carbocycles. The Morgan fingerprint density at radius 1 is 1.64 bits per heavy atom. The Morgan fingerprint density at radius 2 is 2.43 bits per heavy atom. The molecule has 0 aliphatic rings. The van der Waals surface area contributed by atoms with Gasteiger partial charge in [-0.25, -0.2) is 4.98 Å². The molecule has 1 aromatic heterocycles. The summed E-state index contributed by atoms with van der Waals surface area (Å²) in [5.74, 6) is 0.976. The lowest BCUT2D eigenvalue weighted by atomic mass is 10.2. The fourth-order valence-corrected chi connectivity index (χ4v) is 1.23. The second kappa shape index (κ2) is 5.72. The Kier molecular flexibility index (Phi) is 4.55. The Labute approximate surface area is 84.5 Å². The van der Waals surface area contributed by atoms with Gasteiger partial charge in [0.25, 0.3) is 0 Å². The summed E-state index contributed by atoms with van der Waals surface area (Å²) >= 11 is 0. The molecule has 1 N–H and O–H groups in total. The maximum atomic E-state index is 5.36. The van der Waals surface area contributed by atoms with Crippen molar-refractivity contribution in [2.45, 2.75) is 19.4 Å². The molecule has 1 aromatic rings. The molecule has 0 saturated heterocycles. The molecular weight excluding hydrogens is 180 g/mol. The average Bonchev–Trinajstić information content (AvgIpc) is 2.59. The van der Waals surface area contributed by atoms with Gasteiger partial charge in [-0.05, 0) is 14.0 Å². The van der Waals surface area contributed by atoms with Crippen molar-refractivity contribution in [3.8, 4) is 0 Å². The summed E-state index contributed by atoms with van der Waals surface area (Å²) in [6.45, 7) is 3.45. The molecule has 1 atom stereocenters. The summed E-state index contributed by atoms with van der Waals surface area (Å²) in [7, 11) is 3.83. The van der Waals surface area contributed by atoms with E-state index in [1.807, 2.05) is 21.0 Å². The van der Waals surface area contributed by atoms with Crippen molar-refractivity contribution >= 4 is 0 Å². The standard InChI is InChI=1S/C9H18N4O/c1-4-14-6-8(10-2)5-9-11-7-12-13(9)3/h7-8,10H,4-6H2,1-3H3. The van der Waals surface area contributed by atoms with Crippen LogP contribution in [0.25, 0.3) is 0 Å². The van der Waals surface area contributed by atoms with Crippen molar-refractivity contribution in [2.75, 3.05) is 20.3 Å². The maximum absolute atomic E-state index is 5.36. The second-order valence-corrected chi connectivity index (χ2v) is 3.15. The molecule has 0 fully saturated rings. The van der Waals surface area contributed by atoms with Gasteiger partial charge in [-0.1, -0.05) is 0 Å². The van der Waals surface area contributed by atoms with Crippen molar-refractivity contribution in [2.24, 2.45) is 7.05 Å². The van der Waals surface area contributed by atoms with E-state index in [9.17, 15) is 0 Å². The molecule has 5 nitrogen and oxygen atoms in total. The van der Waals surface area contributed by atoms with E-state index in [4.69, 9.17) is 4.74 Å². The minimum absolute atomic E-state index is 0.304. The van der Waals surface area contributed by atoms with Crippen LogP contribution in [0.4, 0.5) is 0 Å². The average molecular weight is 198 g/mol. The van der Waals surface area contributed by atoms with E-state index in [1.165, 1.54) is 0 Å². The van der Waals surface area contributed by atoms with Crippen LogP contribution in [0.15, 0.2) is 6.33 Å². The second-order valence-electron chi connectivity index (χ2n) is 3.15. The third-order valence-corrected chi connectivity index (χ3v) is 2.17. The smallest absolute Gasteiger partial charge is 0.138 e. The number of ether oxygens (including phenoxy) is 1. The normalized spacial score (nSPS) is 13.1. The lowest BCUT2D eigenvalue weighted by Gasteiger charge is -2.14. The van der Waals surface area contributed by atoms with E-state index >= 15 is 0 Å². The van der Waals surface area contributed by atoms with Crippen LogP contribution in [0, 0.1) is 0 Å². The van der Waals surface area contributed by atoms with Crippen LogP contribution in [0.1, 0.15) is 12.7 Å². The van der Waals surface area contributed by atoms with E-state index in [0.717, 1.165) is 18.9 Å². The quantitative estimate of drug-likeness (QED) is 0.698. The molecule has 5 heteroatoms. The first-order valence-corrected chi connectivity index (χ1v) is 4.85. The molecule has 0 aromatic carbocycles. The number of aryl methyl sites for hydroxylation is 1. The van der Waals surface area contributed by atoms with Gasteiger partial charge in [-0.3, -0.25) is 4.68 Å². The first-order chi connectivity index (χ1) is 6.77. The number of hydrogen-bond acceptors (Lipinski definition) is 4. The SMILES string of the molecule is CCOCC(Cc1ncnn1C)NC. The van der Waals surface area contributed by atoms with Gasteiger partial charge in [0.15, 0.2) is 0 Å². The molecular formula is C9H18N4O. The van der Waals surface area contributed by atoms with E-state index in [2.05, 4.69) is 15.4 Å². The zero-order valence-corrected chi connectivity index (χ0v) is 9.03. The highest BCUT2D eigenvalue weighted by atomic mass is 16.5.